The molecular formula is C20H17BrN2O7. The Kier molecular flexibility index (Phi) is 6.18. The summed E-state index contributed by atoms with van der Waals surface area (Å²) in [6.45, 7) is 1.09. The van der Waals surface area contributed by atoms with Crippen LogP contribution in [0.3, 0.4) is 0 Å². The van der Waals surface area contributed by atoms with E-state index in [0.29, 0.717) is 21.3 Å². The summed E-state index contributed by atoms with van der Waals surface area (Å²) in [5.41, 5.74) is 1.20. The Balaban J connectivity index is 2.24. The Morgan fingerprint density at radius 2 is 1.93 bits per heavy atom. The molecule has 10 heteroatoms. The van der Waals surface area contributed by atoms with Gasteiger partial charge in [0.2, 0.25) is 11.7 Å². The van der Waals surface area contributed by atoms with E-state index < -0.39 is 16.7 Å². The molecule has 2 aromatic carbocycles. The van der Waals surface area contributed by atoms with Gasteiger partial charge in [-0.05, 0) is 30.3 Å². The van der Waals surface area contributed by atoms with Gasteiger partial charge in [0.1, 0.15) is 5.76 Å². The van der Waals surface area contributed by atoms with Crippen molar-refractivity contribution in [2.24, 2.45) is 0 Å². The summed E-state index contributed by atoms with van der Waals surface area (Å²) >= 11 is 3.38. The zero-order valence-corrected chi connectivity index (χ0v) is 17.9. The third kappa shape index (κ3) is 3.79. The highest BCUT2D eigenvalue weighted by Crippen LogP contribution is 2.43. The predicted octanol–water partition coefficient (Wildman–Crippen LogP) is 3.75. The molecule has 0 unspecified atom stereocenters. The Bertz CT molecular complexity index is 1080. The van der Waals surface area contributed by atoms with Gasteiger partial charge in [0.15, 0.2) is 6.79 Å². The zero-order chi connectivity index (χ0) is 22.0. The second-order valence-electron chi connectivity index (χ2n) is 6.22. The standard InChI is InChI=1S/C20H17BrN2O7/c1-11(24)22-15-7-5-13(21)9-14(15)18(20(22)25)19(29-3)12-4-6-16(23(26)27)17(8-12)30-10-28-2/h4-9H,10H2,1-3H3/b19-18-. The lowest BCUT2D eigenvalue weighted by molar-refractivity contribution is -0.386. The number of hydrogen-bond acceptors (Lipinski definition) is 7. The van der Waals surface area contributed by atoms with Crippen LogP contribution in [0, 0.1) is 10.1 Å². The summed E-state index contributed by atoms with van der Waals surface area (Å²) in [7, 11) is 2.77. The fourth-order valence-corrected chi connectivity index (χ4v) is 3.54. The summed E-state index contributed by atoms with van der Waals surface area (Å²) in [5.74, 6) is -0.884. The van der Waals surface area contributed by atoms with Crippen molar-refractivity contribution in [3.05, 3.63) is 62.1 Å². The number of amides is 2. The molecule has 30 heavy (non-hydrogen) atoms. The van der Waals surface area contributed by atoms with Gasteiger partial charge in [-0.3, -0.25) is 19.7 Å². The Morgan fingerprint density at radius 3 is 2.53 bits per heavy atom. The molecule has 0 aliphatic carbocycles. The summed E-state index contributed by atoms with van der Waals surface area (Å²) in [6.07, 6.45) is 0. The molecular weight excluding hydrogens is 460 g/mol. The van der Waals surface area contributed by atoms with Crippen LogP contribution in [0.15, 0.2) is 40.9 Å². The molecule has 2 aromatic rings. The van der Waals surface area contributed by atoms with Crippen molar-refractivity contribution in [2.45, 2.75) is 6.92 Å². The Labute approximate surface area is 180 Å². The molecule has 0 N–H and O–H groups in total. The van der Waals surface area contributed by atoms with Gasteiger partial charge in [0, 0.05) is 35.7 Å². The monoisotopic (exact) mass is 476 g/mol. The van der Waals surface area contributed by atoms with Gasteiger partial charge in [0.25, 0.3) is 5.91 Å². The lowest BCUT2D eigenvalue weighted by Crippen LogP contribution is -2.31. The molecule has 1 aliphatic rings. The number of nitro benzene ring substituents is 1. The van der Waals surface area contributed by atoms with Gasteiger partial charge in [-0.15, -0.1) is 0 Å². The molecule has 0 saturated heterocycles. The van der Waals surface area contributed by atoms with E-state index in [4.69, 9.17) is 14.2 Å². The maximum Gasteiger partial charge on any atom is 0.311 e. The number of carbonyl (C=O) groups excluding carboxylic acids is 2. The number of methoxy groups -OCH3 is 2. The highest BCUT2D eigenvalue weighted by atomic mass is 79.9. The smallest absolute Gasteiger partial charge is 0.311 e. The molecule has 0 aromatic heterocycles. The summed E-state index contributed by atoms with van der Waals surface area (Å²) < 4.78 is 16.4. The van der Waals surface area contributed by atoms with Gasteiger partial charge in [0.05, 0.1) is 23.3 Å². The van der Waals surface area contributed by atoms with Crippen LogP contribution < -0.4 is 9.64 Å². The quantitative estimate of drug-likeness (QED) is 0.205. The molecule has 156 valence electrons. The zero-order valence-electron chi connectivity index (χ0n) is 16.3. The van der Waals surface area contributed by atoms with Crippen molar-refractivity contribution in [1.82, 2.24) is 0 Å². The van der Waals surface area contributed by atoms with E-state index in [-0.39, 0.29) is 29.6 Å². The first-order valence-corrected chi connectivity index (χ1v) is 9.43. The fraction of sp³-hybridized carbons (Fsp3) is 0.200. The van der Waals surface area contributed by atoms with Gasteiger partial charge in [-0.25, -0.2) is 4.90 Å². The molecule has 2 amide bonds. The second kappa shape index (κ2) is 8.64. The second-order valence-corrected chi connectivity index (χ2v) is 7.14. The summed E-state index contributed by atoms with van der Waals surface area (Å²) in [6, 6.07) is 9.18. The number of rotatable bonds is 6. The number of ether oxygens (including phenoxy) is 3. The van der Waals surface area contributed by atoms with Gasteiger partial charge < -0.3 is 14.2 Å². The number of halogens is 1. The van der Waals surface area contributed by atoms with Gasteiger partial charge in [-0.1, -0.05) is 15.9 Å². The van der Waals surface area contributed by atoms with Crippen molar-refractivity contribution in [3.63, 3.8) is 0 Å². The minimum Gasteiger partial charge on any atom is -0.495 e. The SMILES string of the molecule is COCOc1cc(/C(OC)=C2/C(=O)N(C(C)=O)c3ccc(Br)cc32)ccc1[N+](=O)[O-]. The van der Waals surface area contributed by atoms with Crippen LogP contribution in [-0.2, 0) is 19.1 Å². The Morgan fingerprint density at radius 1 is 1.20 bits per heavy atom. The molecule has 0 fully saturated rings. The average Bonchev–Trinajstić information content (AvgIpc) is 2.98. The third-order valence-corrected chi connectivity index (χ3v) is 4.88. The minimum absolute atomic E-state index is 0.0437. The third-order valence-electron chi connectivity index (χ3n) is 4.38. The van der Waals surface area contributed by atoms with Crippen LogP contribution in [0.4, 0.5) is 11.4 Å². The van der Waals surface area contributed by atoms with E-state index in [1.807, 2.05) is 0 Å². The van der Waals surface area contributed by atoms with Crippen LogP contribution in [0.2, 0.25) is 0 Å². The lowest BCUT2D eigenvalue weighted by Gasteiger charge is -2.13. The molecule has 3 rings (SSSR count). The van der Waals surface area contributed by atoms with Crippen LogP contribution in [0.25, 0.3) is 11.3 Å². The van der Waals surface area contributed by atoms with Crippen molar-refractivity contribution < 1.29 is 28.7 Å². The molecule has 0 atom stereocenters. The first-order chi connectivity index (χ1) is 14.3. The van der Waals surface area contributed by atoms with Crippen LogP contribution in [0.1, 0.15) is 18.1 Å². The highest BCUT2D eigenvalue weighted by molar-refractivity contribution is 9.10. The number of imide groups is 1. The van der Waals surface area contributed by atoms with Gasteiger partial charge in [-0.2, -0.15) is 0 Å². The molecule has 0 radical (unpaired) electrons. The van der Waals surface area contributed by atoms with Crippen molar-refractivity contribution in [3.8, 4) is 5.75 Å². The highest BCUT2D eigenvalue weighted by Gasteiger charge is 2.38. The predicted molar refractivity (Wildman–Crippen MR) is 112 cm³/mol. The van der Waals surface area contributed by atoms with Crippen molar-refractivity contribution in [2.75, 3.05) is 25.9 Å². The number of fused-ring (bicyclic) bond motifs is 1. The van der Waals surface area contributed by atoms with E-state index >= 15 is 0 Å². The van der Waals surface area contributed by atoms with Crippen LogP contribution >= 0.6 is 15.9 Å². The van der Waals surface area contributed by atoms with E-state index in [1.54, 1.807) is 18.2 Å². The Hall–Kier alpha value is -3.24. The maximum absolute atomic E-state index is 13.1. The molecule has 1 aliphatic heterocycles. The average molecular weight is 477 g/mol. The molecule has 9 nitrogen and oxygen atoms in total. The van der Waals surface area contributed by atoms with E-state index in [0.717, 1.165) is 4.90 Å². The first-order valence-electron chi connectivity index (χ1n) is 8.63. The van der Waals surface area contributed by atoms with Gasteiger partial charge >= 0.3 is 5.69 Å². The normalized spacial score (nSPS) is 14.4. The number of nitrogens with zero attached hydrogens (tertiary/aromatic N) is 2. The van der Waals surface area contributed by atoms with Crippen molar-refractivity contribution >= 4 is 50.5 Å². The van der Waals surface area contributed by atoms with E-state index in [9.17, 15) is 19.7 Å². The van der Waals surface area contributed by atoms with Crippen molar-refractivity contribution in [1.29, 1.82) is 0 Å². The largest absolute Gasteiger partial charge is 0.495 e. The summed E-state index contributed by atoms with van der Waals surface area (Å²) in [4.78, 5) is 37.0. The van der Waals surface area contributed by atoms with Crippen LogP contribution in [-0.4, -0.2) is 37.8 Å². The van der Waals surface area contributed by atoms with E-state index in [1.165, 1.54) is 39.3 Å². The number of carbonyl (C=O) groups is 2. The molecule has 1 heterocycles. The molecule has 0 bridgehead atoms. The first kappa shape index (κ1) is 21.5. The number of benzene rings is 2. The number of nitro groups is 1. The van der Waals surface area contributed by atoms with E-state index in [2.05, 4.69) is 15.9 Å². The fourth-order valence-electron chi connectivity index (χ4n) is 3.18. The minimum atomic E-state index is -0.584. The topological polar surface area (TPSA) is 108 Å². The molecule has 0 saturated carbocycles. The number of anilines is 1. The lowest BCUT2D eigenvalue weighted by atomic mass is 10.0. The molecule has 0 spiro atoms. The maximum atomic E-state index is 13.1. The number of hydrogen-bond donors (Lipinski definition) is 0. The summed E-state index contributed by atoms with van der Waals surface area (Å²) in [5, 5.41) is 11.3. The van der Waals surface area contributed by atoms with Crippen LogP contribution in [0.5, 0.6) is 5.75 Å².